The zero-order chi connectivity index (χ0) is 25.2. The maximum absolute atomic E-state index is 12.9. The monoisotopic (exact) mass is 498 g/mol. The van der Waals surface area contributed by atoms with Crippen LogP contribution in [0.25, 0.3) is 17.2 Å². The predicted molar refractivity (Wildman–Crippen MR) is 147 cm³/mol. The minimum atomic E-state index is -0.0837. The van der Waals surface area contributed by atoms with Gasteiger partial charge in [0.05, 0.1) is 16.7 Å². The van der Waals surface area contributed by atoms with E-state index in [0.29, 0.717) is 17.5 Å². The van der Waals surface area contributed by atoms with E-state index in [1.165, 1.54) is 5.69 Å². The first-order chi connectivity index (χ1) is 17.5. The molecule has 7 nitrogen and oxygen atoms in total. The quantitative estimate of drug-likeness (QED) is 0.375. The normalized spacial score (nSPS) is 15.2. The summed E-state index contributed by atoms with van der Waals surface area (Å²) in [6.07, 6.45) is 0. The van der Waals surface area contributed by atoms with Crippen molar-refractivity contribution < 1.29 is 4.79 Å². The molecule has 1 unspecified atom stereocenters. The van der Waals surface area contributed by atoms with Gasteiger partial charge in [-0.1, -0.05) is 42.5 Å². The summed E-state index contributed by atoms with van der Waals surface area (Å²) >= 11 is 1.62. The highest BCUT2D eigenvalue weighted by atomic mass is 32.2. The molecule has 0 saturated heterocycles. The van der Waals surface area contributed by atoms with Crippen molar-refractivity contribution in [2.75, 3.05) is 29.1 Å². The van der Waals surface area contributed by atoms with E-state index in [9.17, 15) is 4.79 Å². The van der Waals surface area contributed by atoms with Crippen LogP contribution >= 0.6 is 11.8 Å². The summed E-state index contributed by atoms with van der Waals surface area (Å²) in [5, 5.41) is 8.03. The number of thioether (sulfide) groups is 1. The third-order valence-electron chi connectivity index (χ3n) is 6.35. The Hall–Kier alpha value is -3.65. The molecule has 4 aromatic rings. The van der Waals surface area contributed by atoms with Crippen LogP contribution in [-0.2, 0) is 4.79 Å². The molecule has 0 saturated carbocycles. The summed E-state index contributed by atoms with van der Waals surface area (Å²) in [5.41, 5.74) is 6.79. The van der Waals surface area contributed by atoms with Crippen LogP contribution in [0.4, 0.5) is 11.5 Å². The van der Waals surface area contributed by atoms with Crippen LogP contribution in [0.2, 0.25) is 0 Å². The Labute approximate surface area is 216 Å². The number of fused-ring (bicyclic) bond motifs is 1. The summed E-state index contributed by atoms with van der Waals surface area (Å²) in [4.78, 5) is 24.5. The van der Waals surface area contributed by atoms with Gasteiger partial charge in [0.25, 0.3) is 5.95 Å². The SMILES string of the molecule is CCN(CC)c1ccc(C2SCC(=O)Nc3c2c(-c2ccccc2)nn3-c2nc(C)cc(C)n2)cc1. The number of carbonyl (C=O) groups excluding carboxylic acids is 1. The lowest BCUT2D eigenvalue weighted by atomic mass is 9.99. The Bertz CT molecular complexity index is 1360. The lowest BCUT2D eigenvalue weighted by molar-refractivity contribution is -0.113. The fraction of sp³-hybridized carbons (Fsp3) is 0.286. The number of nitrogens with zero attached hydrogens (tertiary/aromatic N) is 5. The summed E-state index contributed by atoms with van der Waals surface area (Å²) in [5.74, 6) is 1.37. The molecule has 0 fully saturated rings. The van der Waals surface area contributed by atoms with Crippen LogP contribution in [0.3, 0.4) is 0 Å². The highest BCUT2D eigenvalue weighted by Crippen LogP contribution is 2.46. The standard InChI is InChI=1S/C28H30N6OS/c1-5-33(6-2)22-14-12-21(13-15-22)26-24-25(20-10-8-7-9-11-20)32-34(27(24)31-23(35)17-36-26)28-29-18(3)16-19(4)30-28/h7-16,26H,5-6,17H2,1-4H3,(H,31,35). The van der Waals surface area contributed by atoms with Crippen molar-refractivity contribution in [3.8, 4) is 17.2 Å². The molecule has 2 aromatic carbocycles. The Balaban J connectivity index is 1.71. The zero-order valence-electron chi connectivity index (χ0n) is 21.0. The number of hydrogen-bond acceptors (Lipinski definition) is 6. The van der Waals surface area contributed by atoms with E-state index >= 15 is 0 Å². The molecule has 0 spiro atoms. The van der Waals surface area contributed by atoms with Crippen molar-refractivity contribution in [1.82, 2.24) is 19.7 Å². The van der Waals surface area contributed by atoms with Gasteiger partial charge in [0.1, 0.15) is 5.82 Å². The minimum absolute atomic E-state index is 0.0614. The average Bonchev–Trinajstić information content (AvgIpc) is 3.15. The second-order valence-corrected chi connectivity index (χ2v) is 9.94. The van der Waals surface area contributed by atoms with Crippen molar-refractivity contribution >= 4 is 29.2 Å². The van der Waals surface area contributed by atoms with E-state index in [-0.39, 0.29) is 11.2 Å². The maximum atomic E-state index is 12.9. The van der Waals surface area contributed by atoms with Gasteiger partial charge < -0.3 is 10.2 Å². The smallest absolute Gasteiger partial charge is 0.252 e. The molecule has 1 atom stereocenters. The number of carbonyl (C=O) groups is 1. The molecule has 5 rings (SSSR count). The van der Waals surface area contributed by atoms with Gasteiger partial charge in [-0.15, -0.1) is 11.8 Å². The lowest BCUT2D eigenvalue weighted by Gasteiger charge is -2.22. The Kier molecular flexibility index (Phi) is 6.78. The number of rotatable bonds is 6. The van der Waals surface area contributed by atoms with Gasteiger partial charge in [0, 0.05) is 41.3 Å². The van der Waals surface area contributed by atoms with Gasteiger partial charge >= 0.3 is 0 Å². The number of aryl methyl sites for hydroxylation is 2. The number of aromatic nitrogens is 4. The summed E-state index contributed by atoms with van der Waals surface area (Å²) < 4.78 is 1.69. The molecule has 1 aliphatic rings. The Morgan fingerprint density at radius 2 is 1.67 bits per heavy atom. The molecule has 184 valence electrons. The van der Waals surface area contributed by atoms with Crippen LogP contribution in [-0.4, -0.2) is 44.5 Å². The van der Waals surface area contributed by atoms with E-state index in [1.54, 1.807) is 16.4 Å². The summed E-state index contributed by atoms with van der Waals surface area (Å²) in [7, 11) is 0. The van der Waals surface area contributed by atoms with Crippen molar-refractivity contribution in [1.29, 1.82) is 0 Å². The van der Waals surface area contributed by atoms with Crippen LogP contribution in [0, 0.1) is 13.8 Å². The number of hydrogen-bond donors (Lipinski definition) is 1. The second-order valence-electron chi connectivity index (χ2n) is 8.84. The van der Waals surface area contributed by atoms with Crippen molar-refractivity contribution in [2.24, 2.45) is 0 Å². The Morgan fingerprint density at radius 3 is 2.31 bits per heavy atom. The third kappa shape index (κ3) is 4.60. The zero-order valence-corrected chi connectivity index (χ0v) is 21.8. The minimum Gasteiger partial charge on any atom is -0.372 e. The molecule has 0 bridgehead atoms. The predicted octanol–water partition coefficient (Wildman–Crippen LogP) is 5.57. The molecule has 36 heavy (non-hydrogen) atoms. The first-order valence-electron chi connectivity index (χ1n) is 12.3. The van der Waals surface area contributed by atoms with E-state index in [4.69, 9.17) is 5.10 Å². The van der Waals surface area contributed by atoms with Gasteiger partial charge in [0.2, 0.25) is 5.91 Å². The van der Waals surface area contributed by atoms with Crippen LogP contribution < -0.4 is 10.2 Å². The van der Waals surface area contributed by atoms with Crippen LogP contribution in [0.5, 0.6) is 0 Å². The number of amides is 1. The van der Waals surface area contributed by atoms with Crippen molar-refractivity contribution in [3.05, 3.63) is 83.2 Å². The molecule has 2 aromatic heterocycles. The first kappa shape index (κ1) is 24.1. The molecule has 1 aliphatic heterocycles. The van der Waals surface area contributed by atoms with Crippen molar-refractivity contribution in [3.63, 3.8) is 0 Å². The average molecular weight is 499 g/mol. The molecule has 8 heteroatoms. The molecule has 1 N–H and O–H groups in total. The lowest BCUT2D eigenvalue weighted by Crippen LogP contribution is -2.21. The first-order valence-corrected chi connectivity index (χ1v) is 13.3. The Morgan fingerprint density at radius 1 is 1.00 bits per heavy atom. The maximum Gasteiger partial charge on any atom is 0.252 e. The van der Waals surface area contributed by atoms with Crippen molar-refractivity contribution in [2.45, 2.75) is 32.9 Å². The number of nitrogens with one attached hydrogen (secondary N) is 1. The molecule has 3 heterocycles. The molecule has 0 aliphatic carbocycles. The van der Waals surface area contributed by atoms with Gasteiger partial charge in [-0.05, 0) is 51.5 Å². The van der Waals surface area contributed by atoms with Crippen LogP contribution in [0.1, 0.15) is 41.6 Å². The van der Waals surface area contributed by atoms with E-state index in [2.05, 4.69) is 58.3 Å². The fourth-order valence-electron chi connectivity index (χ4n) is 4.68. The fourth-order valence-corrected chi connectivity index (χ4v) is 5.81. The highest BCUT2D eigenvalue weighted by Gasteiger charge is 2.33. The van der Waals surface area contributed by atoms with Crippen LogP contribution in [0.15, 0.2) is 60.7 Å². The van der Waals surface area contributed by atoms with E-state index < -0.39 is 0 Å². The highest BCUT2D eigenvalue weighted by molar-refractivity contribution is 8.00. The second kappa shape index (κ2) is 10.1. The molecule has 1 amide bonds. The topological polar surface area (TPSA) is 75.9 Å². The molecular formula is C28H30N6OS. The van der Waals surface area contributed by atoms with Gasteiger partial charge in [-0.3, -0.25) is 4.79 Å². The number of anilines is 2. The molecule has 0 radical (unpaired) electrons. The van der Waals surface area contributed by atoms with Gasteiger partial charge in [-0.2, -0.15) is 9.78 Å². The summed E-state index contributed by atoms with van der Waals surface area (Å²) in [6.45, 7) is 10.1. The third-order valence-corrected chi connectivity index (χ3v) is 7.62. The summed E-state index contributed by atoms with van der Waals surface area (Å²) in [6, 6.07) is 20.7. The van der Waals surface area contributed by atoms with Gasteiger partial charge in [0.15, 0.2) is 0 Å². The number of benzene rings is 2. The van der Waals surface area contributed by atoms with Gasteiger partial charge in [-0.25, -0.2) is 9.97 Å². The van der Waals surface area contributed by atoms with E-state index in [0.717, 1.165) is 46.9 Å². The van der Waals surface area contributed by atoms with E-state index in [1.807, 2.05) is 50.2 Å². The largest absolute Gasteiger partial charge is 0.372 e. The molecular weight excluding hydrogens is 468 g/mol.